The van der Waals surface area contributed by atoms with Crippen LogP contribution in [0, 0.1) is 0 Å². The van der Waals surface area contributed by atoms with Gasteiger partial charge in [-0.05, 0) is 25.7 Å². The second kappa shape index (κ2) is 14.0. The number of rotatable bonds is 14. The Morgan fingerprint density at radius 3 is 2.54 bits per heavy atom. The third kappa shape index (κ3) is 11.2. The van der Waals surface area contributed by atoms with E-state index in [-0.39, 0.29) is 18.2 Å². The first-order valence-corrected chi connectivity index (χ1v) is 9.50. The first kappa shape index (κ1) is 20.7. The van der Waals surface area contributed by atoms with Crippen LogP contribution in [0.3, 0.4) is 0 Å². The van der Waals surface area contributed by atoms with Crippen LogP contribution in [0.5, 0.6) is 0 Å². The largest absolute Gasteiger partial charge is 0.469 e. The molecule has 0 radical (unpaired) electrons. The van der Waals surface area contributed by atoms with E-state index < -0.39 is 0 Å². The number of methoxy groups -OCH3 is 1. The van der Waals surface area contributed by atoms with Crippen LogP contribution in [0.2, 0.25) is 0 Å². The maximum absolute atomic E-state index is 11.0. The normalized spacial score (nSPS) is 20.4. The Hall–Kier alpha value is -1.35. The summed E-state index contributed by atoms with van der Waals surface area (Å²) in [5.41, 5.74) is 0. The Balaban J connectivity index is 1.94. The van der Waals surface area contributed by atoms with E-state index in [0.29, 0.717) is 6.42 Å². The predicted molar refractivity (Wildman–Crippen MR) is 99.9 cm³/mol. The van der Waals surface area contributed by atoms with Crippen LogP contribution in [0.4, 0.5) is 0 Å². The van der Waals surface area contributed by atoms with Crippen molar-refractivity contribution in [1.82, 2.24) is 0 Å². The third-order valence-corrected chi connectivity index (χ3v) is 4.21. The number of hydrogen-bond acceptors (Lipinski definition) is 3. The van der Waals surface area contributed by atoms with E-state index in [0.717, 1.165) is 12.8 Å². The van der Waals surface area contributed by atoms with Crippen molar-refractivity contribution in [3.8, 4) is 0 Å². The van der Waals surface area contributed by atoms with Crippen LogP contribution in [0.1, 0.15) is 71.1 Å². The van der Waals surface area contributed by atoms with Crippen LogP contribution in [0.15, 0.2) is 36.5 Å². The molecule has 3 nitrogen and oxygen atoms in total. The Bertz CT molecular complexity index is 409. The van der Waals surface area contributed by atoms with Gasteiger partial charge in [-0.15, -0.1) is 0 Å². The van der Waals surface area contributed by atoms with Gasteiger partial charge in [-0.3, -0.25) is 4.79 Å². The lowest BCUT2D eigenvalue weighted by Crippen LogP contribution is -2.01. The van der Waals surface area contributed by atoms with E-state index in [1.54, 1.807) is 0 Å². The minimum Gasteiger partial charge on any atom is -0.469 e. The monoisotopic (exact) mass is 334 g/mol. The van der Waals surface area contributed by atoms with Crippen LogP contribution in [0.25, 0.3) is 0 Å². The second-order valence-electron chi connectivity index (χ2n) is 6.36. The molecule has 136 valence electrons. The molecule has 0 aromatic rings. The summed E-state index contributed by atoms with van der Waals surface area (Å²) in [6.45, 7) is 2.25. The summed E-state index contributed by atoms with van der Waals surface area (Å²) in [7, 11) is 1.43. The first-order chi connectivity index (χ1) is 11.8. The number of ether oxygens (including phenoxy) is 2. The topological polar surface area (TPSA) is 38.8 Å². The van der Waals surface area contributed by atoms with Crippen molar-refractivity contribution < 1.29 is 14.3 Å². The lowest BCUT2D eigenvalue weighted by molar-refractivity contribution is -0.140. The average Bonchev–Trinajstić information content (AvgIpc) is 3.34. The van der Waals surface area contributed by atoms with Crippen LogP contribution in [-0.2, 0) is 14.3 Å². The smallest absolute Gasteiger partial charge is 0.305 e. The molecule has 0 amide bonds. The molecule has 1 saturated heterocycles. The second-order valence-corrected chi connectivity index (χ2v) is 6.36. The van der Waals surface area contributed by atoms with Gasteiger partial charge < -0.3 is 9.47 Å². The van der Waals surface area contributed by atoms with Gasteiger partial charge in [0.25, 0.3) is 0 Å². The van der Waals surface area contributed by atoms with E-state index in [4.69, 9.17) is 4.74 Å². The SMILES string of the molecule is CCCCCCCCC=C/C=C/C=C/[C@@H]1O[C@H]1CCCC(=O)OC. The van der Waals surface area contributed by atoms with Gasteiger partial charge in [0.1, 0.15) is 6.10 Å². The van der Waals surface area contributed by atoms with Crippen LogP contribution >= 0.6 is 0 Å². The molecule has 0 aliphatic carbocycles. The number of carbonyl (C=O) groups is 1. The predicted octanol–water partition coefficient (Wildman–Crippen LogP) is 5.52. The highest BCUT2D eigenvalue weighted by Crippen LogP contribution is 2.28. The van der Waals surface area contributed by atoms with Crippen molar-refractivity contribution in [3.05, 3.63) is 36.5 Å². The lowest BCUT2D eigenvalue weighted by atomic mass is 10.1. The Morgan fingerprint density at radius 2 is 1.75 bits per heavy atom. The number of allylic oxidation sites excluding steroid dienone is 5. The van der Waals surface area contributed by atoms with Gasteiger partial charge in [-0.25, -0.2) is 0 Å². The maximum Gasteiger partial charge on any atom is 0.305 e. The molecular formula is C21H34O3. The Kier molecular flexibility index (Phi) is 12.1. The van der Waals surface area contributed by atoms with Gasteiger partial charge in [0, 0.05) is 6.42 Å². The fraction of sp³-hybridized carbons (Fsp3) is 0.667. The maximum atomic E-state index is 11.0. The Labute approximate surface area is 147 Å². The standard InChI is InChI=1S/C21H34O3/c1-3-4-5-6-7-8-9-10-11-12-13-14-16-19-20(24-19)17-15-18-21(22)23-2/h10-14,16,19-20H,3-9,15,17-18H2,1-2H3/b11-10?,13-12+,16-14+/t19-,20-/m0/s1. The summed E-state index contributed by atoms with van der Waals surface area (Å²) in [6, 6.07) is 0. The van der Waals surface area contributed by atoms with E-state index in [2.05, 4.69) is 36.0 Å². The highest BCUT2D eigenvalue weighted by Gasteiger charge is 2.35. The summed E-state index contributed by atoms with van der Waals surface area (Å²) in [4.78, 5) is 11.0. The summed E-state index contributed by atoms with van der Waals surface area (Å²) in [5, 5.41) is 0. The van der Waals surface area contributed by atoms with Crippen molar-refractivity contribution in [2.75, 3.05) is 7.11 Å². The van der Waals surface area contributed by atoms with E-state index in [1.807, 2.05) is 12.2 Å². The number of epoxide rings is 1. The summed E-state index contributed by atoms with van der Waals surface area (Å²) in [5.74, 6) is -0.140. The van der Waals surface area contributed by atoms with E-state index in [1.165, 1.54) is 52.1 Å². The van der Waals surface area contributed by atoms with Crippen LogP contribution < -0.4 is 0 Å². The average molecular weight is 335 g/mol. The molecule has 1 aliphatic heterocycles. The summed E-state index contributed by atoms with van der Waals surface area (Å²) < 4.78 is 10.2. The summed E-state index contributed by atoms with van der Waals surface area (Å²) >= 11 is 0. The summed E-state index contributed by atoms with van der Waals surface area (Å²) in [6.07, 6.45) is 24.6. The van der Waals surface area contributed by atoms with Gasteiger partial charge in [-0.2, -0.15) is 0 Å². The minimum atomic E-state index is -0.140. The first-order valence-electron chi connectivity index (χ1n) is 9.50. The molecule has 0 unspecified atom stereocenters. The van der Waals surface area contributed by atoms with Crippen molar-refractivity contribution in [3.63, 3.8) is 0 Å². The van der Waals surface area contributed by atoms with Crippen molar-refractivity contribution in [1.29, 1.82) is 0 Å². The zero-order valence-corrected chi connectivity index (χ0v) is 15.4. The molecule has 1 rings (SSSR count). The molecule has 0 N–H and O–H groups in total. The van der Waals surface area contributed by atoms with E-state index >= 15 is 0 Å². The van der Waals surface area contributed by atoms with Crippen molar-refractivity contribution in [2.24, 2.45) is 0 Å². The number of unbranched alkanes of at least 4 members (excludes halogenated alkanes) is 6. The zero-order valence-electron chi connectivity index (χ0n) is 15.4. The molecule has 0 aromatic heterocycles. The minimum absolute atomic E-state index is 0.140. The molecule has 1 heterocycles. The van der Waals surface area contributed by atoms with Gasteiger partial charge >= 0.3 is 5.97 Å². The molecule has 0 bridgehead atoms. The fourth-order valence-corrected chi connectivity index (χ4v) is 2.63. The van der Waals surface area contributed by atoms with Gasteiger partial charge in [-0.1, -0.05) is 75.5 Å². The molecule has 1 aliphatic rings. The molecule has 24 heavy (non-hydrogen) atoms. The lowest BCUT2D eigenvalue weighted by Gasteiger charge is -1.97. The molecule has 3 heteroatoms. The van der Waals surface area contributed by atoms with Crippen molar-refractivity contribution in [2.45, 2.75) is 83.3 Å². The molecule has 0 spiro atoms. The highest BCUT2D eigenvalue weighted by molar-refractivity contribution is 5.68. The van der Waals surface area contributed by atoms with Crippen LogP contribution in [-0.4, -0.2) is 25.3 Å². The van der Waals surface area contributed by atoms with Gasteiger partial charge in [0.2, 0.25) is 0 Å². The Morgan fingerprint density at radius 1 is 1.00 bits per heavy atom. The quantitative estimate of drug-likeness (QED) is 0.182. The number of hydrogen-bond donors (Lipinski definition) is 0. The van der Waals surface area contributed by atoms with Gasteiger partial charge in [0.05, 0.1) is 13.2 Å². The van der Waals surface area contributed by atoms with Crippen molar-refractivity contribution >= 4 is 5.97 Å². The molecule has 0 saturated carbocycles. The molecule has 1 fully saturated rings. The van der Waals surface area contributed by atoms with Gasteiger partial charge in [0.15, 0.2) is 0 Å². The third-order valence-electron chi connectivity index (χ3n) is 4.21. The number of carbonyl (C=O) groups excluding carboxylic acids is 1. The molecular weight excluding hydrogens is 300 g/mol. The van der Waals surface area contributed by atoms with E-state index in [9.17, 15) is 4.79 Å². The fourth-order valence-electron chi connectivity index (χ4n) is 2.63. The zero-order chi connectivity index (χ0) is 17.5. The highest BCUT2D eigenvalue weighted by atomic mass is 16.6. The molecule has 0 aromatic carbocycles. The number of esters is 1. The molecule has 2 atom stereocenters.